The van der Waals surface area contributed by atoms with Gasteiger partial charge < -0.3 is 24.8 Å². The van der Waals surface area contributed by atoms with E-state index in [4.69, 9.17) is 9.47 Å². The molecule has 1 aromatic carbocycles. The Morgan fingerprint density at radius 3 is 2.79 bits per heavy atom. The van der Waals surface area contributed by atoms with Crippen LogP contribution in [0.4, 0.5) is 8.78 Å². The number of aromatic nitrogens is 1. The maximum absolute atomic E-state index is 12.7. The Morgan fingerprint density at radius 1 is 1.32 bits per heavy atom. The molecule has 2 N–H and O–H groups in total. The van der Waals surface area contributed by atoms with Gasteiger partial charge in [0.25, 0.3) is 0 Å². The lowest BCUT2D eigenvalue weighted by Gasteiger charge is -2.13. The van der Waals surface area contributed by atoms with E-state index in [-0.39, 0.29) is 19.1 Å². The van der Waals surface area contributed by atoms with Gasteiger partial charge in [-0.1, -0.05) is 0 Å². The van der Waals surface area contributed by atoms with Gasteiger partial charge in [0.15, 0.2) is 17.5 Å². The first-order valence-electron chi connectivity index (χ1n) is 8.86. The number of benzene rings is 1. The van der Waals surface area contributed by atoms with Crippen molar-refractivity contribution in [2.24, 2.45) is 4.99 Å². The monoisotopic (exact) mass is 412 g/mol. The van der Waals surface area contributed by atoms with Crippen LogP contribution in [-0.2, 0) is 13.0 Å². The third kappa shape index (κ3) is 5.44. The summed E-state index contributed by atoms with van der Waals surface area (Å²) in [6, 6.07) is 3.02. The molecule has 10 heteroatoms. The zero-order valence-electron chi connectivity index (χ0n) is 15.6. The molecule has 1 aliphatic heterocycles. The maximum Gasteiger partial charge on any atom is 0.387 e. The van der Waals surface area contributed by atoms with Crippen molar-refractivity contribution in [3.63, 3.8) is 0 Å². The molecule has 0 atom stereocenters. The molecule has 7 nitrogen and oxygen atoms in total. The number of ether oxygens (including phenoxy) is 3. The minimum atomic E-state index is -2.93. The molecule has 0 amide bonds. The number of fused-ring (bicyclic) bond motifs is 1. The average Bonchev–Trinajstić information content (AvgIpc) is 3.27. The molecule has 0 saturated heterocycles. The third-order valence-electron chi connectivity index (χ3n) is 3.82. The molecule has 0 unspecified atom stereocenters. The summed E-state index contributed by atoms with van der Waals surface area (Å²) >= 11 is 1.66. The van der Waals surface area contributed by atoms with Gasteiger partial charge in [-0.15, -0.1) is 11.3 Å². The van der Waals surface area contributed by atoms with Crippen LogP contribution in [0.15, 0.2) is 23.3 Å². The van der Waals surface area contributed by atoms with Gasteiger partial charge >= 0.3 is 6.61 Å². The van der Waals surface area contributed by atoms with Crippen LogP contribution in [0.25, 0.3) is 0 Å². The van der Waals surface area contributed by atoms with Crippen molar-refractivity contribution in [1.29, 1.82) is 0 Å². The van der Waals surface area contributed by atoms with Crippen molar-refractivity contribution in [3.8, 4) is 17.2 Å². The normalized spacial score (nSPS) is 13.1. The quantitative estimate of drug-likeness (QED) is 0.513. The van der Waals surface area contributed by atoms with Gasteiger partial charge in [-0.2, -0.15) is 8.78 Å². The van der Waals surface area contributed by atoms with E-state index in [1.54, 1.807) is 17.4 Å². The highest BCUT2D eigenvalue weighted by Gasteiger charge is 2.20. The molecular formula is C18H22F2N4O3S. The number of alkyl halides is 2. The fraction of sp³-hybridized carbons (Fsp3) is 0.444. The molecule has 152 valence electrons. The zero-order valence-corrected chi connectivity index (χ0v) is 16.4. The van der Waals surface area contributed by atoms with E-state index >= 15 is 0 Å². The summed E-state index contributed by atoms with van der Waals surface area (Å²) in [4.78, 5) is 9.97. The summed E-state index contributed by atoms with van der Waals surface area (Å²) in [6.45, 7) is 2.55. The van der Waals surface area contributed by atoms with E-state index < -0.39 is 6.61 Å². The summed E-state index contributed by atoms with van der Waals surface area (Å²) in [5.41, 5.74) is 0.484. The predicted molar refractivity (Wildman–Crippen MR) is 103 cm³/mol. The molecule has 3 rings (SSSR count). The van der Waals surface area contributed by atoms with Gasteiger partial charge in [0.2, 0.25) is 6.79 Å². The minimum absolute atomic E-state index is 0.0251. The van der Waals surface area contributed by atoms with Crippen molar-refractivity contribution < 1.29 is 23.0 Å². The SMILES string of the molecule is CCNC(=NCc1cc2c(cc1OC(F)F)OCO2)NCCc1ncc(C)s1. The number of rotatable bonds is 8. The number of nitrogens with one attached hydrogen (secondary N) is 2. The number of halogens is 2. The molecule has 0 fully saturated rings. The average molecular weight is 412 g/mol. The van der Waals surface area contributed by atoms with E-state index in [0.717, 1.165) is 11.4 Å². The number of nitrogens with zero attached hydrogens (tertiary/aromatic N) is 2. The number of aliphatic imine (C=N–C) groups is 1. The molecule has 2 aromatic rings. The zero-order chi connectivity index (χ0) is 19.9. The Kier molecular flexibility index (Phi) is 6.85. The molecule has 0 bridgehead atoms. The van der Waals surface area contributed by atoms with Crippen molar-refractivity contribution in [2.75, 3.05) is 19.9 Å². The number of aryl methyl sites for hydroxylation is 1. The van der Waals surface area contributed by atoms with E-state index in [1.165, 1.54) is 10.9 Å². The Morgan fingerprint density at radius 2 is 2.11 bits per heavy atom. The number of thiazole rings is 1. The molecule has 28 heavy (non-hydrogen) atoms. The van der Waals surface area contributed by atoms with Gasteiger partial charge in [0, 0.05) is 42.2 Å². The third-order valence-corrected chi connectivity index (χ3v) is 4.80. The van der Waals surface area contributed by atoms with Gasteiger partial charge in [-0.05, 0) is 19.9 Å². The summed E-state index contributed by atoms with van der Waals surface area (Å²) in [5, 5.41) is 7.40. The molecule has 1 aromatic heterocycles. The van der Waals surface area contributed by atoms with Crippen LogP contribution in [0.1, 0.15) is 22.4 Å². The lowest BCUT2D eigenvalue weighted by Crippen LogP contribution is -2.38. The summed E-state index contributed by atoms with van der Waals surface area (Å²) in [6.07, 6.45) is 2.62. The molecule has 0 radical (unpaired) electrons. The molecular weight excluding hydrogens is 390 g/mol. The summed E-state index contributed by atoms with van der Waals surface area (Å²) < 4.78 is 40.6. The van der Waals surface area contributed by atoms with Crippen molar-refractivity contribution in [1.82, 2.24) is 15.6 Å². The van der Waals surface area contributed by atoms with Gasteiger partial charge in [0.1, 0.15) is 5.75 Å². The molecule has 0 saturated carbocycles. The fourth-order valence-electron chi connectivity index (χ4n) is 2.61. The Hall–Kier alpha value is -2.62. The number of hydrogen-bond acceptors (Lipinski definition) is 6. The van der Waals surface area contributed by atoms with E-state index in [1.807, 2.05) is 20.0 Å². The Labute approximate surface area is 165 Å². The molecule has 2 heterocycles. The summed E-state index contributed by atoms with van der Waals surface area (Å²) in [7, 11) is 0. The molecule has 0 aliphatic carbocycles. The topological polar surface area (TPSA) is 77.0 Å². The lowest BCUT2D eigenvalue weighted by molar-refractivity contribution is -0.0505. The van der Waals surface area contributed by atoms with Gasteiger partial charge in [0.05, 0.1) is 11.6 Å². The van der Waals surface area contributed by atoms with E-state index in [2.05, 4.69) is 25.3 Å². The Bertz CT molecular complexity index is 829. The first kappa shape index (κ1) is 20.1. The number of hydrogen-bond donors (Lipinski definition) is 2. The van der Waals surface area contributed by atoms with Crippen molar-refractivity contribution in [3.05, 3.63) is 33.8 Å². The van der Waals surface area contributed by atoms with Crippen LogP contribution in [-0.4, -0.2) is 37.4 Å². The van der Waals surface area contributed by atoms with Crippen LogP contribution in [0.3, 0.4) is 0 Å². The largest absolute Gasteiger partial charge is 0.454 e. The second-order valence-electron chi connectivity index (χ2n) is 5.93. The standard InChI is InChI=1S/C18H22F2N4O3S/c1-3-21-18(22-5-4-16-23-8-11(2)28-16)24-9-12-6-14-15(26-10-25-14)7-13(12)27-17(19)20/h6-8,17H,3-5,9-10H2,1-2H3,(H2,21,22,24). The second kappa shape index (κ2) is 9.54. The first-order valence-corrected chi connectivity index (χ1v) is 9.67. The number of guanidine groups is 1. The van der Waals surface area contributed by atoms with E-state index in [9.17, 15) is 8.78 Å². The minimum Gasteiger partial charge on any atom is -0.454 e. The van der Waals surface area contributed by atoms with Crippen molar-refractivity contribution >= 4 is 17.3 Å². The fourth-order valence-corrected chi connectivity index (χ4v) is 3.39. The Balaban J connectivity index is 1.67. The van der Waals surface area contributed by atoms with Crippen LogP contribution < -0.4 is 24.8 Å². The van der Waals surface area contributed by atoms with E-state index in [0.29, 0.717) is 36.1 Å². The lowest BCUT2D eigenvalue weighted by atomic mass is 10.1. The summed E-state index contributed by atoms with van der Waals surface area (Å²) in [5.74, 6) is 1.48. The highest BCUT2D eigenvalue weighted by molar-refractivity contribution is 7.11. The first-order chi connectivity index (χ1) is 13.5. The van der Waals surface area contributed by atoms with Crippen LogP contribution >= 0.6 is 11.3 Å². The highest BCUT2D eigenvalue weighted by atomic mass is 32.1. The van der Waals surface area contributed by atoms with Gasteiger partial charge in [-0.3, -0.25) is 0 Å². The highest BCUT2D eigenvalue weighted by Crippen LogP contribution is 2.39. The van der Waals surface area contributed by atoms with Gasteiger partial charge in [-0.25, -0.2) is 9.98 Å². The molecule has 1 aliphatic rings. The predicted octanol–water partition coefficient (Wildman–Crippen LogP) is 3.08. The van der Waals surface area contributed by atoms with Crippen molar-refractivity contribution in [2.45, 2.75) is 33.4 Å². The van der Waals surface area contributed by atoms with Crippen LogP contribution in [0.5, 0.6) is 17.2 Å². The molecule has 0 spiro atoms. The second-order valence-corrected chi connectivity index (χ2v) is 7.25. The van der Waals surface area contributed by atoms with Crippen LogP contribution in [0, 0.1) is 6.92 Å². The maximum atomic E-state index is 12.7. The van der Waals surface area contributed by atoms with Crippen LogP contribution in [0.2, 0.25) is 0 Å². The smallest absolute Gasteiger partial charge is 0.387 e.